The van der Waals surface area contributed by atoms with Crippen LogP contribution >= 0.6 is 11.3 Å². The van der Waals surface area contributed by atoms with E-state index in [1.54, 1.807) is 11.3 Å². The van der Waals surface area contributed by atoms with Gasteiger partial charge in [-0.2, -0.15) is 0 Å². The van der Waals surface area contributed by atoms with Gasteiger partial charge in [-0.3, -0.25) is 0 Å². The summed E-state index contributed by atoms with van der Waals surface area (Å²) in [6, 6.07) is 7.28. The Balaban J connectivity index is 1.33. The van der Waals surface area contributed by atoms with E-state index >= 15 is 0 Å². The fourth-order valence-corrected chi connectivity index (χ4v) is 4.24. The first kappa shape index (κ1) is 16.8. The van der Waals surface area contributed by atoms with E-state index in [-0.39, 0.29) is 0 Å². The Bertz CT molecular complexity index is 723. The molecule has 0 bridgehead atoms. The van der Waals surface area contributed by atoms with Crippen molar-refractivity contribution in [3.63, 3.8) is 0 Å². The van der Waals surface area contributed by atoms with Crippen molar-refractivity contribution in [2.75, 3.05) is 19.9 Å². The second-order valence-electron chi connectivity index (χ2n) is 7.00. The van der Waals surface area contributed by atoms with Crippen molar-refractivity contribution in [3.8, 4) is 22.1 Å². The molecule has 2 aliphatic rings. The monoisotopic (exact) mass is 359 g/mol. The highest BCUT2D eigenvalue weighted by atomic mass is 32.1. The molecule has 3 heterocycles. The molecule has 1 aromatic heterocycles. The van der Waals surface area contributed by atoms with Crippen molar-refractivity contribution in [2.45, 2.75) is 45.3 Å². The predicted molar refractivity (Wildman–Crippen MR) is 100 cm³/mol. The van der Waals surface area contributed by atoms with Gasteiger partial charge < -0.3 is 19.7 Å². The van der Waals surface area contributed by atoms with E-state index < -0.39 is 0 Å². The second kappa shape index (κ2) is 7.32. The number of likely N-dealkylation sites (tertiary alicyclic amines) is 1. The smallest absolute Gasteiger partial charge is 0.231 e. The van der Waals surface area contributed by atoms with Crippen molar-refractivity contribution in [3.05, 3.63) is 29.3 Å². The number of nitrogens with zero attached hydrogens (tertiary/aromatic N) is 2. The summed E-state index contributed by atoms with van der Waals surface area (Å²) in [5.74, 6) is 1.62. The van der Waals surface area contributed by atoms with E-state index in [0.29, 0.717) is 18.9 Å². The molecule has 0 atom stereocenters. The van der Waals surface area contributed by atoms with Crippen molar-refractivity contribution in [1.29, 1.82) is 0 Å². The van der Waals surface area contributed by atoms with Crippen LogP contribution in [0.25, 0.3) is 10.6 Å². The molecule has 0 unspecified atom stereocenters. The fourth-order valence-electron chi connectivity index (χ4n) is 3.42. The molecule has 0 spiro atoms. The molecular formula is C19H25N3O2S. The summed E-state index contributed by atoms with van der Waals surface area (Å²) < 4.78 is 10.8. The maximum Gasteiger partial charge on any atom is 0.231 e. The first-order chi connectivity index (χ1) is 12.2. The molecule has 25 heavy (non-hydrogen) atoms. The number of fused-ring (bicyclic) bond motifs is 1. The summed E-state index contributed by atoms with van der Waals surface area (Å²) >= 11 is 1.68. The Hall–Kier alpha value is -1.63. The lowest BCUT2D eigenvalue weighted by molar-refractivity contribution is 0.160. The molecule has 1 fully saturated rings. The van der Waals surface area contributed by atoms with Gasteiger partial charge in [-0.15, -0.1) is 11.3 Å². The normalized spacial score (nSPS) is 18.2. The lowest BCUT2D eigenvalue weighted by Crippen LogP contribution is -2.44. The van der Waals surface area contributed by atoms with Crippen LogP contribution in [0.1, 0.15) is 32.4 Å². The van der Waals surface area contributed by atoms with Crippen LogP contribution in [0.4, 0.5) is 0 Å². The highest BCUT2D eigenvalue weighted by Gasteiger charge is 2.20. The molecular weight excluding hydrogens is 334 g/mol. The van der Waals surface area contributed by atoms with Gasteiger partial charge in [0.05, 0.1) is 5.69 Å². The Morgan fingerprint density at radius 1 is 1.24 bits per heavy atom. The number of thiazole rings is 1. The van der Waals surface area contributed by atoms with Gasteiger partial charge in [0.15, 0.2) is 11.5 Å². The molecule has 134 valence electrons. The van der Waals surface area contributed by atoms with Crippen LogP contribution in [0, 0.1) is 0 Å². The van der Waals surface area contributed by atoms with Crippen molar-refractivity contribution in [1.82, 2.24) is 15.2 Å². The summed E-state index contributed by atoms with van der Waals surface area (Å²) in [6.45, 7) is 8.08. The number of nitrogens with one attached hydrogen (secondary N) is 1. The van der Waals surface area contributed by atoms with Crippen LogP contribution in [0.15, 0.2) is 23.6 Å². The summed E-state index contributed by atoms with van der Waals surface area (Å²) in [5, 5.41) is 6.86. The molecule has 0 amide bonds. The maximum atomic E-state index is 5.46. The first-order valence-corrected chi connectivity index (χ1v) is 9.89. The minimum atomic E-state index is 0.307. The first-order valence-electron chi connectivity index (χ1n) is 9.01. The Morgan fingerprint density at radius 3 is 2.84 bits per heavy atom. The van der Waals surface area contributed by atoms with Gasteiger partial charge in [-0.25, -0.2) is 4.98 Å². The number of piperidine rings is 1. The fraction of sp³-hybridized carbons (Fsp3) is 0.526. The van der Waals surface area contributed by atoms with E-state index in [4.69, 9.17) is 14.5 Å². The van der Waals surface area contributed by atoms with Crippen molar-refractivity contribution >= 4 is 11.3 Å². The van der Waals surface area contributed by atoms with E-state index in [1.165, 1.54) is 25.9 Å². The van der Waals surface area contributed by atoms with Gasteiger partial charge in [0.2, 0.25) is 6.79 Å². The van der Waals surface area contributed by atoms with Crippen LogP contribution in [-0.2, 0) is 6.54 Å². The van der Waals surface area contributed by atoms with Gasteiger partial charge in [0.1, 0.15) is 5.01 Å². The number of aromatic nitrogens is 1. The van der Waals surface area contributed by atoms with E-state index in [1.807, 2.05) is 18.2 Å². The third-order valence-corrected chi connectivity index (χ3v) is 5.94. The second-order valence-corrected chi connectivity index (χ2v) is 7.86. The zero-order chi connectivity index (χ0) is 17.2. The van der Waals surface area contributed by atoms with Crippen LogP contribution in [0.5, 0.6) is 11.5 Å². The van der Waals surface area contributed by atoms with Gasteiger partial charge in [0.25, 0.3) is 0 Å². The number of ether oxygens (including phenoxy) is 2. The average molecular weight is 359 g/mol. The number of hydrogen-bond donors (Lipinski definition) is 1. The number of benzene rings is 1. The van der Waals surface area contributed by atoms with Crippen LogP contribution in [0.3, 0.4) is 0 Å². The van der Waals surface area contributed by atoms with Crippen molar-refractivity contribution in [2.24, 2.45) is 0 Å². The molecule has 1 N–H and O–H groups in total. The zero-order valence-corrected chi connectivity index (χ0v) is 15.6. The van der Waals surface area contributed by atoms with Crippen LogP contribution < -0.4 is 14.8 Å². The SMILES string of the molecule is CC(C)N1CCC(NCc2csc(-c3ccc4c(c3)OCO4)n2)CC1. The topological polar surface area (TPSA) is 46.6 Å². The van der Waals surface area contributed by atoms with E-state index in [9.17, 15) is 0 Å². The Morgan fingerprint density at radius 2 is 2.04 bits per heavy atom. The average Bonchev–Trinajstić information content (AvgIpc) is 3.28. The molecule has 0 radical (unpaired) electrons. The summed E-state index contributed by atoms with van der Waals surface area (Å²) in [4.78, 5) is 7.34. The summed E-state index contributed by atoms with van der Waals surface area (Å²) in [6.07, 6.45) is 2.44. The van der Waals surface area contributed by atoms with Gasteiger partial charge in [0, 0.05) is 29.6 Å². The number of rotatable bonds is 5. The molecule has 6 heteroatoms. The van der Waals surface area contributed by atoms with Gasteiger partial charge in [-0.05, 0) is 58.0 Å². The minimum absolute atomic E-state index is 0.307. The van der Waals surface area contributed by atoms with Crippen LogP contribution in [0.2, 0.25) is 0 Å². The van der Waals surface area contributed by atoms with E-state index in [0.717, 1.165) is 34.3 Å². The predicted octanol–water partition coefficient (Wildman–Crippen LogP) is 3.50. The van der Waals surface area contributed by atoms with Crippen molar-refractivity contribution < 1.29 is 9.47 Å². The molecule has 2 aromatic rings. The molecule has 1 aromatic carbocycles. The standard InChI is InChI=1S/C19H25N3O2S/c1-13(2)22-7-5-15(6-8-22)20-10-16-11-25-19(21-16)14-3-4-17-18(9-14)24-12-23-17/h3-4,9,11,13,15,20H,5-8,10,12H2,1-2H3. The molecule has 4 rings (SSSR count). The maximum absolute atomic E-state index is 5.46. The largest absolute Gasteiger partial charge is 0.454 e. The Labute approximate surface area is 153 Å². The molecule has 0 saturated carbocycles. The number of hydrogen-bond acceptors (Lipinski definition) is 6. The summed E-state index contributed by atoms with van der Waals surface area (Å²) in [5.41, 5.74) is 2.20. The minimum Gasteiger partial charge on any atom is -0.454 e. The third-order valence-electron chi connectivity index (χ3n) is 5.00. The summed E-state index contributed by atoms with van der Waals surface area (Å²) in [7, 11) is 0. The van der Waals surface area contributed by atoms with Crippen LogP contribution in [-0.4, -0.2) is 41.9 Å². The highest BCUT2D eigenvalue weighted by molar-refractivity contribution is 7.13. The highest BCUT2D eigenvalue weighted by Crippen LogP contribution is 2.36. The molecule has 5 nitrogen and oxygen atoms in total. The lowest BCUT2D eigenvalue weighted by Gasteiger charge is -2.34. The molecule has 0 aliphatic carbocycles. The molecule has 1 saturated heterocycles. The lowest BCUT2D eigenvalue weighted by atomic mass is 10.0. The van der Waals surface area contributed by atoms with Gasteiger partial charge in [-0.1, -0.05) is 0 Å². The zero-order valence-electron chi connectivity index (χ0n) is 14.8. The van der Waals surface area contributed by atoms with Gasteiger partial charge >= 0.3 is 0 Å². The third kappa shape index (κ3) is 3.81. The van der Waals surface area contributed by atoms with E-state index in [2.05, 4.69) is 29.4 Å². The quantitative estimate of drug-likeness (QED) is 0.885. The molecule has 2 aliphatic heterocycles. The Kier molecular flexibility index (Phi) is 4.92.